The van der Waals surface area contributed by atoms with E-state index in [4.69, 9.17) is 0 Å². The van der Waals surface area contributed by atoms with Crippen molar-refractivity contribution in [3.63, 3.8) is 0 Å². The van der Waals surface area contributed by atoms with Crippen molar-refractivity contribution in [2.24, 2.45) is 5.92 Å². The van der Waals surface area contributed by atoms with Gasteiger partial charge in [-0.3, -0.25) is 0 Å². The molecule has 1 aliphatic carbocycles. The fourth-order valence-corrected chi connectivity index (χ4v) is 3.02. The summed E-state index contributed by atoms with van der Waals surface area (Å²) < 4.78 is 0. The number of hydrogen-bond donors (Lipinski definition) is 1. The largest absolute Gasteiger partial charge is 0.316 e. The molecule has 1 nitrogen and oxygen atoms in total. The molecule has 1 heteroatoms. The standard InChI is InChI=1S/C16H25N/c1-3-15(14-10-5-4-6-11-14)16(17-2)12-13-8-7-9-13/h4-6,10-11,13,15-17H,3,7-9,12H2,1-2H3. The smallest absolute Gasteiger partial charge is 0.0135 e. The summed E-state index contributed by atoms with van der Waals surface area (Å²) in [6.45, 7) is 2.31. The zero-order chi connectivity index (χ0) is 12.1. The van der Waals surface area contributed by atoms with Gasteiger partial charge in [0.05, 0.1) is 0 Å². The van der Waals surface area contributed by atoms with Crippen molar-refractivity contribution in [1.82, 2.24) is 5.32 Å². The maximum atomic E-state index is 3.55. The van der Waals surface area contributed by atoms with Crippen LogP contribution in [0.25, 0.3) is 0 Å². The fraction of sp³-hybridized carbons (Fsp3) is 0.625. The van der Waals surface area contributed by atoms with Crippen LogP contribution in [0.1, 0.15) is 50.5 Å². The SMILES string of the molecule is CCC(c1ccccc1)C(CC1CCC1)NC. The summed E-state index contributed by atoms with van der Waals surface area (Å²) in [4.78, 5) is 0. The molecule has 2 unspecified atom stereocenters. The van der Waals surface area contributed by atoms with Crippen LogP contribution in [0.4, 0.5) is 0 Å². The first-order valence-electron chi connectivity index (χ1n) is 7.07. The Morgan fingerprint density at radius 1 is 1.24 bits per heavy atom. The van der Waals surface area contributed by atoms with Crippen molar-refractivity contribution in [3.05, 3.63) is 35.9 Å². The zero-order valence-electron chi connectivity index (χ0n) is 11.2. The van der Waals surface area contributed by atoms with Crippen LogP contribution >= 0.6 is 0 Å². The van der Waals surface area contributed by atoms with Crippen molar-refractivity contribution in [3.8, 4) is 0 Å². The molecule has 17 heavy (non-hydrogen) atoms. The Balaban J connectivity index is 2.03. The highest BCUT2D eigenvalue weighted by atomic mass is 14.9. The molecule has 0 aliphatic heterocycles. The molecule has 0 amide bonds. The summed E-state index contributed by atoms with van der Waals surface area (Å²) in [5.74, 6) is 1.65. The minimum atomic E-state index is 0.646. The van der Waals surface area contributed by atoms with Crippen molar-refractivity contribution in [2.45, 2.75) is 51.0 Å². The molecule has 1 aromatic rings. The van der Waals surface area contributed by atoms with Gasteiger partial charge in [-0.1, -0.05) is 56.5 Å². The fourth-order valence-electron chi connectivity index (χ4n) is 3.02. The van der Waals surface area contributed by atoms with Gasteiger partial charge in [0, 0.05) is 6.04 Å². The third kappa shape index (κ3) is 3.10. The minimum absolute atomic E-state index is 0.646. The van der Waals surface area contributed by atoms with Gasteiger partial charge >= 0.3 is 0 Å². The Morgan fingerprint density at radius 3 is 2.41 bits per heavy atom. The predicted octanol–water partition coefficient (Wildman–Crippen LogP) is 3.96. The predicted molar refractivity (Wildman–Crippen MR) is 74.3 cm³/mol. The van der Waals surface area contributed by atoms with Crippen molar-refractivity contribution in [2.75, 3.05) is 7.05 Å². The van der Waals surface area contributed by atoms with Crippen LogP contribution in [0.3, 0.4) is 0 Å². The molecule has 1 aromatic carbocycles. The minimum Gasteiger partial charge on any atom is -0.316 e. The van der Waals surface area contributed by atoms with E-state index in [9.17, 15) is 0 Å². The molecule has 94 valence electrons. The van der Waals surface area contributed by atoms with Gasteiger partial charge in [0.15, 0.2) is 0 Å². The van der Waals surface area contributed by atoms with Gasteiger partial charge in [0.1, 0.15) is 0 Å². The van der Waals surface area contributed by atoms with Crippen LogP contribution in [0.15, 0.2) is 30.3 Å². The normalized spacial score (nSPS) is 19.6. The Hall–Kier alpha value is -0.820. The molecule has 1 aliphatic rings. The third-order valence-electron chi connectivity index (χ3n) is 4.34. The van der Waals surface area contributed by atoms with Gasteiger partial charge in [0.2, 0.25) is 0 Å². The summed E-state index contributed by atoms with van der Waals surface area (Å²) in [6, 6.07) is 11.6. The Labute approximate surface area is 106 Å². The van der Waals surface area contributed by atoms with E-state index in [0.29, 0.717) is 12.0 Å². The Bertz CT molecular complexity index is 316. The second-order valence-electron chi connectivity index (χ2n) is 5.35. The van der Waals surface area contributed by atoms with Gasteiger partial charge < -0.3 is 5.32 Å². The van der Waals surface area contributed by atoms with E-state index >= 15 is 0 Å². The maximum absolute atomic E-state index is 3.55. The summed E-state index contributed by atoms with van der Waals surface area (Å²) >= 11 is 0. The molecule has 0 aromatic heterocycles. The van der Waals surface area contributed by atoms with E-state index in [-0.39, 0.29) is 0 Å². The lowest BCUT2D eigenvalue weighted by Gasteiger charge is -2.33. The van der Waals surface area contributed by atoms with Gasteiger partial charge in [-0.15, -0.1) is 0 Å². The third-order valence-corrected chi connectivity index (χ3v) is 4.34. The summed E-state index contributed by atoms with van der Waals surface area (Å²) in [5.41, 5.74) is 1.49. The van der Waals surface area contributed by atoms with Crippen LogP contribution in [0.2, 0.25) is 0 Å². The monoisotopic (exact) mass is 231 g/mol. The van der Waals surface area contributed by atoms with Crippen molar-refractivity contribution in [1.29, 1.82) is 0 Å². The first-order chi connectivity index (χ1) is 8.35. The molecule has 1 saturated carbocycles. The van der Waals surface area contributed by atoms with Gasteiger partial charge in [-0.05, 0) is 37.3 Å². The topological polar surface area (TPSA) is 12.0 Å². The number of hydrogen-bond acceptors (Lipinski definition) is 1. The number of benzene rings is 1. The van der Waals surface area contributed by atoms with E-state index in [1.165, 1.54) is 37.7 Å². The average molecular weight is 231 g/mol. The van der Waals surface area contributed by atoms with Gasteiger partial charge in [0.25, 0.3) is 0 Å². The van der Waals surface area contributed by atoms with E-state index in [0.717, 1.165) is 5.92 Å². The molecule has 0 radical (unpaired) electrons. The molecular weight excluding hydrogens is 206 g/mol. The highest BCUT2D eigenvalue weighted by Gasteiger charge is 2.26. The lowest BCUT2D eigenvalue weighted by Crippen LogP contribution is -2.35. The van der Waals surface area contributed by atoms with Crippen LogP contribution in [-0.4, -0.2) is 13.1 Å². The van der Waals surface area contributed by atoms with Gasteiger partial charge in [-0.2, -0.15) is 0 Å². The van der Waals surface area contributed by atoms with E-state index < -0.39 is 0 Å². The van der Waals surface area contributed by atoms with Crippen molar-refractivity contribution >= 4 is 0 Å². The lowest BCUT2D eigenvalue weighted by molar-refractivity contribution is 0.247. The Kier molecular flexibility index (Phi) is 4.61. The van der Waals surface area contributed by atoms with Gasteiger partial charge in [-0.25, -0.2) is 0 Å². The summed E-state index contributed by atoms with van der Waals surface area (Å²) in [7, 11) is 2.12. The molecule has 2 rings (SSSR count). The number of rotatable bonds is 6. The molecule has 1 N–H and O–H groups in total. The van der Waals surface area contributed by atoms with Crippen LogP contribution in [-0.2, 0) is 0 Å². The van der Waals surface area contributed by atoms with Crippen molar-refractivity contribution < 1.29 is 0 Å². The molecule has 0 bridgehead atoms. The molecule has 0 saturated heterocycles. The quantitative estimate of drug-likeness (QED) is 0.781. The van der Waals surface area contributed by atoms with E-state index in [1.54, 1.807) is 0 Å². The molecule has 0 heterocycles. The zero-order valence-corrected chi connectivity index (χ0v) is 11.2. The first kappa shape index (κ1) is 12.6. The molecule has 0 spiro atoms. The van der Waals surface area contributed by atoms with Crippen LogP contribution < -0.4 is 5.32 Å². The number of nitrogens with one attached hydrogen (secondary N) is 1. The highest BCUT2D eigenvalue weighted by Crippen LogP contribution is 2.35. The second-order valence-corrected chi connectivity index (χ2v) is 5.35. The molecule has 1 fully saturated rings. The maximum Gasteiger partial charge on any atom is 0.0135 e. The first-order valence-corrected chi connectivity index (χ1v) is 7.07. The Morgan fingerprint density at radius 2 is 1.94 bits per heavy atom. The molecular formula is C16H25N. The average Bonchev–Trinajstić information content (AvgIpc) is 2.33. The summed E-state index contributed by atoms with van der Waals surface area (Å²) in [5, 5.41) is 3.55. The lowest BCUT2D eigenvalue weighted by atomic mass is 9.76. The molecule has 2 atom stereocenters. The second kappa shape index (κ2) is 6.20. The highest BCUT2D eigenvalue weighted by molar-refractivity contribution is 5.21. The van der Waals surface area contributed by atoms with Crippen LogP contribution in [0.5, 0.6) is 0 Å². The van der Waals surface area contributed by atoms with E-state index in [1.807, 2.05) is 0 Å². The van der Waals surface area contributed by atoms with Crippen LogP contribution in [0, 0.1) is 5.92 Å². The van der Waals surface area contributed by atoms with E-state index in [2.05, 4.69) is 49.6 Å². The summed E-state index contributed by atoms with van der Waals surface area (Å²) in [6.07, 6.45) is 6.92. The number of likely N-dealkylation sites (N-methyl/N-ethyl adjacent to an activating group) is 1.